The SMILES string of the molecule is CCCCCS(=O)(=O)CC(NC)c1cccc(C)c1. The van der Waals surface area contributed by atoms with Crippen molar-refractivity contribution in [1.29, 1.82) is 0 Å². The molecule has 0 aromatic heterocycles. The van der Waals surface area contributed by atoms with Gasteiger partial charge in [0.15, 0.2) is 9.84 Å². The lowest BCUT2D eigenvalue weighted by molar-refractivity contribution is 0.570. The van der Waals surface area contributed by atoms with Gasteiger partial charge in [-0.25, -0.2) is 8.42 Å². The Balaban J connectivity index is 2.71. The number of benzene rings is 1. The highest BCUT2D eigenvalue weighted by molar-refractivity contribution is 7.91. The first-order chi connectivity index (χ1) is 8.98. The number of rotatable bonds is 8. The minimum atomic E-state index is -2.99. The van der Waals surface area contributed by atoms with Crippen molar-refractivity contribution in [3.63, 3.8) is 0 Å². The smallest absolute Gasteiger partial charge is 0.152 e. The Hall–Kier alpha value is -0.870. The van der Waals surface area contributed by atoms with Gasteiger partial charge in [0.1, 0.15) is 0 Å². The minimum absolute atomic E-state index is 0.119. The maximum Gasteiger partial charge on any atom is 0.152 e. The normalized spacial score (nSPS) is 13.4. The number of hydrogen-bond acceptors (Lipinski definition) is 3. The highest BCUT2D eigenvalue weighted by Crippen LogP contribution is 2.17. The molecule has 0 bridgehead atoms. The number of hydrogen-bond donors (Lipinski definition) is 1. The van der Waals surface area contributed by atoms with E-state index >= 15 is 0 Å². The summed E-state index contributed by atoms with van der Waals surface area (Å²) < 4.78 is 24.2. The third-order valence-electron chi connectivity index (χ3n) is 3.27. The van der Waals surface area contributed by atoms with Crippen LogP contribution in [0.2, 0.25) is 0 Å². The van der Waals surface area contributed by atoms with Gasteiger partial charge >= 0.3 is 0 Å². The lowest BCUT2D eigenvalue weighted by atomic mass is 10.1. The lowest BCUT2D eigenvalue weighted by Crippen LogP contribution is -2.26. The Bertz CT molecular complexity index is 483. The van der Waals surface area contributed by atoms with E-state index in [0.29, 0.717) is 5.75 Å². The molecule has 19 heavy (non-hydrogen) atoms. The van der Waals surface area contributed by atoms with Crippen LogP contribution in [0.5, 0.6) is 0 Å². The average molecular weight is 283 g/mol. The summed E-state index contributed by atoms with van der Waals surface area (Å²) in [6, 6.07) is 7.90. The van der Waals surface area contributed by atoms with Crippen LogP contribution in [-0.2, 0) is 9.84 Å². The maximum absolute atomic E-state index is 12.1. The zero-order chi connectivity index (χ0) is 14.3. The van der Waals surface area contributed by atoms with Crippen LogP contribution in [0.1, 0.15) is 43.4 Å². The first-order valence-corrected chi connectivity index (χ1v) is 8.75. The Labute approximate surface area is 117 Å². The van der Waals surface area contributed by atoms with Gasteiger partial charge in [-0.2, -0.15) is 0 Å². The molecule has 0 saturated heterocycles. The second-order valence-corrected chi connectivity index (χ2v) is 7.31. The Kier molecular flexibility index (Phi) is 6.52. The first kappa shape index (κ1) is 16.2. The molecule has 0 radical (unpaired) electrons. The van der Waals surface area contributed by atoms with E-state index < -0.39 is 9.84 Å². The van der Waals surface area contributed by atoms with Crippen LogP contribution < -0.4 is 5.32 Å². The summed E-state index contributed by atoms with van der Waals surface area (Å²) >= 11 is 0. The summed E-state index contributed by atoms with van der Waals surface area (Å²) in [4.78, 5) is 0. The molecular weight excluding hydrogens is 258 g/mol. The molecule has 0 aliphatic carbocycles. The molecule has 0 aliphatic rings. The highest BCUT2D eigenvalue weighted by atomic mass is 32.2. The number of unbranched alkanes of at least 4 members (excludes halogenated alkanes) is 2. The van der Waals surface area contributed by atoms with Gasteiger partial charge in [-0.3, -0.25) is 0 Å². The van der Waals surface area contributed by atoms with Gasteiger partial charge in [-0.05, 0) is 26.0 Å². The molecule has 4 heteroatoms. The fourth-order valence-electron chi connectivity index (χ4n) is 2.14. The van der Waals surface area contributed by atoms with Crippen molar-refractivity contribution in [1.82, 2.24) is 5.32 Å². The second-order valence-electron chi connectivity index (χ2n) is 5.08. The van der Waals surface area contributed by atoms with Gasteiger partial charge in [-0.1, -0.05) is 49.6 Å². The second kappa shape index (κ2) is 7.65. The molecule has 0 heterocycles. The summed E-state index contributed by atoms with van der Waals surface area (Å²) in [6.07, 6.45) is 2.79. The zero-order valence-corrected chi connectivity index (χ0v) is 13.0. The predicted molar refractivity (Wildman–Crippen MR) is 81.2 cm³/mol. The molecule has 1 aromatic carbocycles. The molecule has 108 valence electrons. The van der Waals surface area contributed by atoms with Crippen LogP contribution in [-0.4, -0.2) is 27.0 Å². The molecule has 0 fully saturated rings. The molecule has 0 spiro atoms. The monoisotopic (exact) mass is 283 g/mol. The summed E-state index contributed by atoms with van der Waals surface area (Å²) in [7, 11) is -1.17. The first-order valence-electron chi connectivity index (χ1n) is 6.92. The molecule has 1 atom stereocenters. The van der Waals surface area contributed by atoms with Crippen molar-refractivity contribution in [2.75, 3.05) is 18.6 Å². The van der Waals surface area contributed by atoms with Gasteiger partial charge in [0, 0.05) is 6.04 Å². The third-order valence-corrected chi connectivity index (χ3v) is 5.02. The Morgan fingerprint density at radius 1 is 1.26 bits per heavy atom. The predicted octanol–water partition coefficient (Wildman–Crippen LogP) is 2.86. The molecular formula is C15H25NO2S. The average Bonchev–Trinajstić information content (AvgIpc) is 2.36. The topological polar surface area (TPSA) is 46.2 Å². The van der Waals surface area contributed by atoms with Gasteiger partial charge in [0.05, 0.1) is 11.5 Å². The number of aryl methyl sites for hydroxylation is 1. The zero-order valence-electron chi connectivity index (χ0n) is 12.1. The van der Waals surface area contributed by atoms with Gasteiger partial charge in [-0.15, -0.1) is 0 Å². The molecule has 1 rings (SSSR count). The summed E-state index contributed by atoms with van der Waals surface area (Å²) in [6.45, 7) is 4.10. The van der Waals surface area contributed by atoms with Gasteiger partial charge < -0.3 is 5.32 Å². The van der Waals surface area contributed by atoms with E-state index in [2.05, 4.69) is 12.2 Å². The standard InChI is InChI=1S/C15H25NO2S/c1-4-5-6-10-19(17,18)12-15(16-3)14-9-7-8-13(2)11-14/h7-9,11,15-16H,4-6,10,12H2,1-3H3. The molecule has 0 aliphatic heterocycles. The molecule has 1 unspecified atom stereocenters. The summed E-state index contributed by atoms with van der Waals surface area (Å²) in [5.74, 6) is 0.474. The van der Waals surface area contributed by atoms with Crippen LogP contribution in [0.25, 0.3) is 0 Å². The van der Waals surface area contributed by atoms with Crippen LogP contribution >= 0.6 is 0 Å². The van der Waals surface area contributed by atoms with E-state index in [-0.39, 0.29) is 11.8 Å². The Morgan fingerprint density at radius 2 is 2.00 bits per heavy atom. The molecule has 1 N–H and O–H groups in total. The van der Waals surface area contributed by atoms with Gasteiger partial charge in [0.2, 0.25) is 0 Å². The summed E-state index contributed by atoms with van der Waals surface area (Å²) in [5, 5.41) is 3.11. The molecule has 0 amide bonds. The van der Waals surface area contributed by atoms with Crippen molar-refractivity contribution in [3.8, 4) is 0 Å². The van der Waals surface area contributed by atoms with Crippen LogP contribution in [0.3, 0.4) is 0 Å². The maximum atomic E-state index is 12.1. The van der Waals surface area contributed by atoms with Crippen molar-refractivity contribution in [2.45, 2.75) is 39.2 Å². The lowest BCUT2D eigenvalue weighted by Gasteiger charge is -2.17. The highest BCUT2D eigenvalue weighted by Gasteiger charge is 2.19. The minimum Gasteiger partial charge on any atom is -0.312 e. The molecule has 3 nitrogen and oxygen atoms in total. The summed E-state index contributed by atoms with van der Waals surface area (Å²) in [5.41, 5.74) is 2.20. The largest absolute Gasteiger partial charge is 0.312 e. The van der Waals surface area contributed by atoms with Crippen molar-refractivity contribution in [2.24, 2.45) is 0 Å². The quantitative estimate of drug-likeness (QED) is 0.746. The van der Waals surface area contributed by atoms with E-state index in [1.54, 1.807) is 0 Å². The van der Waals surface area contributed by atoms with E-state index in [9.17, 15) is 8.42 Å². The van der Waals surface area contributed by atoms with Crippen LogP contribution in [0, 0.1) is 6.92 Å². The third kappa shape index (κ3) is 5.74. The number of sulfone groups is 1. The molecule has 1 aromatic rings. The fourth-order valence-corrected chi connectivity index (χ4v) is 3.82. The molecule has 0 saturated carbocycles. The van der Waals surface area contributed by atoms with Crippen LogP contribution in [0.4, 0.5) is 0 Å². The van der Waals surface area contributed by atoms with E-state index in [0.717, 1.165) is 30.4 Å². The fraction of sp³-hybridized carbons (Fsp3) is 0.600. The van der Waals surface area contributed by atoms with E-state index in [1.165, 1.54) is 0 Å². The van der Waals surface area contributed by atoms with E-state index in [4.69, 9.17) is 0 Å². The van der Waals surface area contributed by atoms with Crippen molar-refractivity contribution >= 4 is 9.84 Å². The Morgan fingerprint density at radius 3 is 2.58 bits per heavy atom. The number of nitrogens with one attached hydrogen (secondary N) is 1. The van der Waals surface area contributed by atoms with Crippen molar-refractivity contribution in [3.05, 3.63) is 35.4 Å². The van der Waals surface area contributed by atoms with Crippen LogP contribution in [0.15, 0.2) is 24.3 Å². The van der Waals surface area contributed by atoms with Crippen molar-refractivity contribution < 1.29 is 8.42 Å². The van der Waals surface area contributed by atoms with E-state index in [1.807, 2.05) is 38.2 Å². The van der Waals surface area contributed by atoms with Gasteiger partial charge in [0.25, 0.3) is 0 Å².